The van der Waals surface area contributed by atoms with Gasteiger partial charge in [-0.05, 0) is 41.0 Å². The summed E-state index contributed by atoms with van der Waals surface area (Å²) >= 11 is 6.06. The summed E-state index contributed by atoms with van der Waals surface area (Å²) in [6.07, 6.45) is 0.576. The molecule has 3 aromatic carbocycles. The first-order valence-electron chi connectivity index (χ1n) is 13.3. The van der Waals surface area contributed by atoms with Gasteiger partial charge in [0.25, 0.3) is 0 Å². The lowest BCUT2D eigenvalue weighted by atomic mass is 10.0. The Morgan fingerprint density at radius 2 is 1.62 bits per heavy atom. The second-order valence-electron chi connectivity index (χ2n) is 9.62. The maximum Gasteiger partial charge on any atom is 0.243 e. The molecular weight excluding hydrogens is 514 g/mol. The van der Waals surface area contributed by atoms with Crippen LogP contribution >= 0.6 is 11.6 Å². The zero-order chi connectivity index (χ0) is 27.5. The largest absolute Gasteiger partial charge is 0.497 e. The molecule has 0 radical (unpaired) electrons. The average Bonchev–Trinajstić information content (AvgIpc) is 2.97. The molecule has 8 heteroatoms. The van der Waals surface area contributed by atoms with Crippen LogP contribution in [0.2, 0.25) is 5.02 Å². The van der Waals surface area contributed by atoms with Crippen LogP contribution in [0.25, 0.3) is 0 Å². The molecule has 1 aliphatic rings. The van der Waals surface area contributed by atoms with Gasteiger partial charge in [-0.15, -0.1) is 0 Å². The van der Waals surface area contributed by atoms with Crippen molar-refractivity contribution in [2.75, 3.05) is 46.5 Å². The van der Waals surface area contributed by atoms with Crippen LogP contribution in [0.1, 0.15) is 16.7 Å². The Kier molecular flexibility index (Phi) is 10.8. The predicted molar refractivity (Wildman–Crippen MR) is 153 cm³/mol. The highest BCUT2D eigenvalue weighted by Crippen LogP contribution is 2.19. The van der Waals surface area contributed by atoms with Crippen LogP contribution < -0.4 is 10.1 Å². The summed E-state index contributed by atoms with van der Waals surface area (Å²) in [6.45, 7) is 4.67. The minimum Gasteiger partial charge on any atom is -0.497 e. The molecule has 4 rings (SSSR count). The van der Waals surface area contributed by atoms with Gasteiger partial charge in [0.15, 0.2) is 0 Å². The maximum absolute atomic E-state index is 13.8. The first-order valence-corrected chi connectivity index (χ1v) is 13.7. The standard InChI is InChI=1S/C31H36ClN3O4/c1-38-28-13-9-26(10-14-28)23-35(30(36)22-25-7-11-27(32)12-8-25)29(21-24-5-3-2-4-6-24)31(37)33-15-16-34-17-19-39-20-18-34/h2-14,29H,15-23H2,1H3,(H,33,37). The fraction of sp³-hybridized carbons (Fsp3) is 0.355. The molecule has 0 aromatic heterocycles. The normalized spacial score (nSPS) is 14.4. The lowest BCUT2D eigenvalue weighted by Gasteiger charge is -2.32. The second kappa shape index (κ2) is 14.7. The summed E-state index contributed by atoms with van der Waals surface area (Å²) < 4.78 is 10.7. The number of rotatable bonds is 12. The van der Waals surface area contributed by atoms with Gasteiger partial charge in [-0.25, -0.2) is 0 Å². The van der Waals surface area contributed by atoms with Crippen LogP contribution in [0.15, 0.2) is 78.9 Å². The number of amides is 2. The molecule has 3 aromatic rings. The smallest absolute Gasteiger partial charge is 0.243 e. The van der Waals surface area contributed by atoms with Gasteiger partial charge in [0.05, 0.1) is 26.7 Å². The Hall–Kier alpha value is -3.39. The highest BCUT2D eigenvalue weighted by molar-refractivity contribution is 6.30. The first kappa shape index (κ1) is 28.6. The predicted octanol–water partition coefficient (Wildman–Crippen LogP) is 3.98. The Balaban J connectivity index is 1.57. The molecule has 39 heavy (non-hydrogen) atoms. The topological polar surface area (TPSA) is 71.1 Å². The van der Waals surface area contributed by atoms with Crippen LogP contribution in [0, 0.1) is 0 Å². The number of halogens is 1. The zero-order valence-electron chi connectivity index (χ0n) is 22.4. The van der Waals surface area contributed by atoms with E-state index in [0.717, 1.165) is 42.1 Å². The van der Waals surface area contributed by atoms with Crippen molar-refractivity contribution in [3.8, 4) is 5.75 Å². The van der Waals surface area contributed by atoms with Crippen molar-refractivity contribution in [1.82, 2.24) is 15.1 Å². The lowest BCUT2D eigenvalue weighted by molar-refractivity contribution is -0.140. The summed E-state index contributed by atoms with van der Waals surface area (Å²) in [4.78, 5) is 31.6. The molecule has 0 spiro atoms. The summed E-state index contributed by atoms with van der Waals surface area (Å²) in [7, 11) is 1.62. The van der Waals surface area contributed by atoms with Crippen molar-refractivity contribution in [2.45, 2.75) is 25.4 Å². The average molecular weight is 550 g/mol. The minimum absolute atomic E-state index is 0.127. The Morgan fingerprint density at radius 3 is 2.28 bits per heavy atom. The van der Waals surface area contributed by atoms with E-state index in [0.29, 0.717) is 37.7 Å². The van der Waals surface area contributed by atoms with Gasteiger partial charge in [-0.3, -0.25) is 14.5 Å². The zero-order valence-corrected chi connectivity index (χ0v) is 23.1. The van der Waals surface area contributed by atoms with E-state index < -0.39 is 6.04 Å². The number of carbonyl (C=O) groups excluding carboxylic acids is 2. The monoisotopic (exact) mass is 549 g/mol. The number of carbonyl (C=O) groups is 2. The number of ether oxygens (including phenoxy) is 2. The molecule has 1 unspecified atom stereocenters. The van der Waals surface area contributed by atoms with E-state index >= 15 is 0 Å². The van der Waals surface area contributed by atoms with Crippen molar-refractivity contribution < 1.29 is 19.1 Å². The number of methoxy groups -OCH3 is 1. The van der Waals surface area contributed by atoms with E-state index in [1.54, 1.807) is 24.1 Å². The number of benzene rings is 3. The van der Waals surface area contributed by atoms with E-state index in [2.05, 4.69) is 10.2 Å². The molecule has 1 fully saturated rings. The van der Waals surface area contributed by atoms with Crippen molar-refractivity contribution in [1.29, 1.82) is 0 Å². The molecule has 1 saturated heterocycles. The van der Waals surface area contributed by atoms with Crippen molar-refractivity contribution in [2.24, 2.45) is 0 Å². The van der Waals surface area contributed by atoms with Gasteiger partial charge in [0.1, 0.15) is 11.8 Å². The second-order valence-corrected chi connectivity index (χ2v) is 10.1. The Labute approximate surface area is 235 Å². The van der Waals surface area contributed by atoms with E-state index in [4.69, 9.17) is 21.1 Å². The number of hydrogen-bond acceptors (Lipinski definition) is 5. The molecule has 1 atom stereocenters. The molecule has 0 aliphatic carbocycles. The van der Waals surface area contributed by atoms with Gasteiger partial charge >= 0.3 is 0 Å². The summed E-state index contributed by atoms with van der Waals surface area (Å²) in [6, 6.07) is 24.0. The van der Waals surface area contributed by atoms with Crippen LogP contribution in [0.5, 0.6) is 5.75 Å². The molecule has 7 nitrogen and oxygen atoms in total. The minimum atomic E-state index is -0.681. The van der Waals surface area contributed by atoms with Gasteiger partial charge < -0.3 is 19.7 Å². The number of morpholine rings is 1. The highest BCUT2D eigenvalue weighted by Gasteiger charge is 2.30. The molecule has 0 saturated carbocycles. The third kappa shape index (κ3) is 8.82. The molecular formula is C31H36ClN3O4. The number of nitrogens with one attached hydrogen (secondary N) is 1. The highest BCUT2D eigenvalue weighted by atomic mass is 35.5. The Bertz CT molecular complexity index is 1180. The van der Waals surface area contributed by atoms with Crippen molar-refractivity contribution in [3.05, 3.63) is 101 Å². The van der Waals surface area contributed by atoms with Crippen LogP contribution in [0.3, 0.4) is 0 Å². The van der Waals surface area contributed by atoms with E-state index in [1.807, 2.05) is 66.7 Å². The third-order valence-electron chi connectivity index (χ3n) is 6.88. The van der Waals surface area contributed by atoms with Crippen molar-refractivity contribution in [3.63, 3.8) is 0 Å². The third-order valence-corrected chi connectivity index (χ3v) is 7.13. The molecule has 1 N–H and O–H groups in total. The molecule has 1 heterocycles. The first-order chi connectivity index (χ1) is 19.0. The quantitative estimate of drug-likeness (QED) is 0.370. The number of nitrogens with zero attached hydrogens (tertiary/aromatic N) is 2. The van der Waals surface area contributed by atoms with E-state index in [-0.39, 0.29) is 18.2 Å². The summed E-state index contributed by atoms with van der Waals surface area (Å²) in [5.41, 5.74) is 2.75. The van der Waals surface area contributed by atoms with Crippen LogP contribution in [-0.4, -0.2) is 74.2 Å². The molecule has 2 amide bonds. The Morgan fingerprint density at radius 1 is 0.949 bits per heavy atom. The van der Waals surface area contributed by atoms with E-state index in [9.17, 15) is 9.59 Å². The molecule has 1 aliphatic heterocycles. The summed E-state index contributed by atoms with van der Waals surface area (Å²) in [5, 5.41) is 3.72. The van der Waals surface area contributed by atoms with Gasteiger partial charge in [0, 0.05) is 44.2 Å². The lowest BCUT2D eigenvalue weighted by Crippen LogP contribution is -2.52. The SMILES string of the molecule is COc1ccc(CN(C(=O)Cc2ccc(Cl)cc2)C(Cc2ccccc2)C(=O)NCCN2CCOCC2)cc1. The van der Waals surface area contributed by atoms with Crippen molar-refractivity contribution >= 4 is 23.4 Å². The molecule has 206 valence electrons. The van der Waals surface area contributed by atoms with Crippen LogP contribution in [0.4, 0.5) is 0 Å². The van der Waals surface area contributed by atoms with E-state index in [1.165, 1.54) is 0 Å². The maximum atomic E-state index is 13.8. The molecule has 0 bridgehead atoms. The number of hydrogen-bond donors (Lipinski definition) is 1. The summed E-state index contributed by atoms with van der Waals surface area (Å²) in [5.74, 6) is 0.446. The van der Waals surface area contributed by atoms with Gasteiger partial charge in [-0.1, -0.05) is 66.2 Å². The van der Waals surface area contributed by atoms with Gasteiger partial charge in [0.2, 0.25) is 11.8 Å². The van der Waals surface area contributed by atoms with Crippen LogP contribution in [-0.2, 0) is 33.7 Å². The fourth-order valence-corrected chi connectivity index (χ4v) is 4.77. The van der Waals surface area contributed by atoms with Gasteiger partial charge in [-0.2, -0.15) is 0 Å². The fourth-order valence-electron chi connectivity index (χ4n) is 4.64.